The minimum Gasteiger partial charge on any atom is -0.466 e. The third-order valence-electron chi connectivity index (χ3n) is 4.08. The van der Waals surface area contributed by atoms with Crippen molar-refractivity contribution in [2.45, 2.75) is 39.2 Å². The number of nitrogens with zero attached hydrogens (tertiary/aromatic N) is 1. The second-order valence-corrected chi connectivity index (χ2v) is 6.29. The molecule has 0 radical (unpaired) electrons. The van der Waals surface area contributed by atoms with E-state index in [1.165, 1.54) is 11.1 Å². The maximum atomic E-state index is 10.5. The molecule has 5 heteroatoms. The van der Waals surface area contributed by atoms with Crippen LogP contribution in [0.25, 0.3) is 0 Å². The Balaban J connectivity index is 1.88. The molecule has 136 valence electrons. The van der Waals surface area contributed by atoms with E-state index in [4.69, 9.17) is 4.42 Å². The van der Waals surface area contributed by atoms with Crippen LogP contribution < -0.4 is 10.6 Å². The molecule has 25 heavy (non-hydrogen) atoms. The number of rotatable bonds is 8. The summed E-state index contributed by atoms with van der Waals surface area (Å²) in [6.45, 7) is 7.65. The van der Waals surface area contributed by atoms with E-state index in [1.807, 2.05) is 6.92 Å². The van der Waals surface area contributed by atoms with Crippen molar-refractivity contribution >= 4 is 5.96 Å². The summed E-state index contributed by atoms with van der Waals surface area (Å²) < 4.78 is 5.29. The highest BCUT2D eigenvalue weighted by Crippen LogP contribution is 2.20. The first-order chi connectivity index (χ1) is 12.0. The Hall–Kier alpha value is -2.27. The van der Waals surface area contributed by atoms with Crippen LogP contribution in [0.2, 0.25) is 0 Å². The predicted molar refractivity (Wildman–Crippen MR) is 102 cm³/mol. The Kier molecular flexibility index (Phi) is 7.07. The van der Waals surface area contributed by atoms with Gasteiger partial charge < -0.3 is 20.2 Å². The third kappa shape index (κ3) is 5.94. The predicted octanol–water partition coefficient (Wildman–Crippen LogP) is 2.85. The van der Waals surface area contributed by atoms with Gasteiger partial charge in [-0.15, -0.1) is 0 Å². The lowest BCUT2D eigenvalue weighted by molar-refractivity contribution is 0.0437. The lowest BCUT2D eigenvalue weighted by Gasteiger charge is -2.19. The van der Waals surface area contributed by atoms with E-state index >= 15 is 0 Å². The molecule has 0 fully saturated rings. The zero-order valence-corrected chi connectivity index (χ0v) is 15.4. The molecular formula is C20H29N3O2. The van der Waals surface area contributed by atoms with Crippen LogP contribution >= 0.6 is 0 Å². The van der Waals surface area contributed by atoms with Gasteiger partial charge >= 0.3 is 0 Å². The highest BCUT2D eigenvalue weighted by molar-refractivity contribution is 5.79. The molecule has 1 heterocycles. The summed E-state index contributed by atoms with van der Waals surface area (Å²) in [5.74, 6) is 1.21. The molecule has 0 aliphatic carbocycles. The normalized spacial score (nSPS) is 14.2. The van der Waals surface area contributed by atoms with Crippen molar-refractivity contribution in [3.63, 3.8) is 0 Å². The number of aryl methyl sites for hydroxylation is 1. The van der Waals surface area contributed by atoms with Crippen LogP contribution in [-0.2, 0) is 18.4 Å². The number of aliphatic hydroxyl groups is 1. The van der Waals surface area contributed by atoms with Crippen molar-refractivity contribution in [1.82, 2.24) is 10.6 Å². The number of hydrogen-bond acceptors (Lipinski definition) is 3. The zero-order valence-electron chi connectivity index (χ0n) is 15.4. The number of hydrogen-bond donors (Lipinski definition) is 3. The highest BCUT2D eigenvalue weighted by Gasteiger charge is 2.25. The Morgan fingerprint density at radius 2 is 1.84 bits per heavy atom. The molecule has 0 bridgehead atoms. The summed E-state index contributed by atoms with van der Waals surface area (Å²) in [5.41, 5.74) is 1.52. The molecule has 3 N–H and O–H groups in total. The van der Waals surface area contributed by atoms with Gasteiger partial charge in [0.15, 0.2) is 5.96 Å². The van der Waals surface area contributed by atoms with Crippen LogP contribution in [0, 0.1) is 0 Å². The van der Waals surface area contributed by atoms with Gasteiger partial charge in [-0.3, -0.25) is 0 Å². The van der Waals surface area contributed by atoms with E-state index in [1.54, 1.807) is 25.3 Å². The Morgan fingerprint density at radius 3 is 2.44 bits per heavy atom. The van der Waals surface area contributed by atoms with Crippen molar-refractivity contribution < 1.29 is 9.52 Å². The first kappa shape index (κ1) is 19.1. The van der Waals surface area contributed by atoms with Crippen LogP contribution in [-0.4, -0.2) is 30.7 Å². The molecule has 1 unspecified atom stereocenters. The largest absolute Gasteiger partial charge is 0.466 e. The lowest BCUT2D eigenvalue weighted by atomic mass is 10.0. The van der Waals surface area contributed by atoms with Gasteiger partial charge in [0.2, 0.25) is 0 Å². The number of aliphatic imine (C=N–C) groups is 1. The second-order valence-electron chi connectivity index (χ2n) is 6.29. The summed E-state index contributed by atoms with van der Waals surface area (Å²) in [6.07, 6.45) is 3.54. The monoisotopic (exact) mass is 343 g/mol. The Labute approximate surface area is 150 Å². The number of furan rings is 1. The molecule has 5 nitrogen and oxygen atoms in total. The van der Waals surface area contributed by atoms with Gasteiger partial charge in [0.05, 0.1) is 12.8 Å². The fraction of sp³-hybridized carbons (Fsp3) is 0.450. The van der Waals surface area contributed by atoms with Crippen molar-refractivity contribution in [2.75, 3.05) is 19.6 Å². The Morgan fingerprint density at radius 1 is 1.12 bits per heavy atom. The Bertz CT molecular complexity index is 646. The SMILES string of the molecule is CCNC(=NCC(C)(O)c1ccco1)NCCc1ccc(CC)cc1. The first-order valence-corrected chi connectivity index (χ1v) is 8.91. The van der Waals surface area contributed by atoms with E-state index in [-0.39, 0.29) is 6.54 Å². The van der Waals surface area contributed by atoms with Crippen LogP contribution in [0.3, 0.4) is 0 Å². The lowest BCUT2D eigenvalue weighted by Crippen LogP contribution is -2.39. The molecule has 0 amide bonds. The fourth-order valence-electron chi connectivity index (χ4n) is 2.50. The maximum Gasteiger partial charge on any atom is 0.191 e. The standard InChI is InChI=1S/C20H29N3O2/c1-4-16-8-10-17(11-9-16)12-13-22-19(21-5-2)23-15-20(3,24)18-7-6-14-25-18/h6-11,14,24H,4-5,12-13,15H2,1-3H3,(H2,21,22,23). The molecule has 0 saturated heterocycles. The summed E-state index contributed by atoms with van der Waals surface area (Å²) in [4.78, 5) is 4.48. The molecule has 0 aliphatic rings. The smallest absolute Gasteiger partial charge is 0.191 e. The minimum atomic E-state index is -1.12. The number of benzene rings is 1. The van der Waals surface area contributed by atoms with Crippen LogP contribution in [0.1, 0.15) is 37.7 Å². The molecular weight excluding hydrogens is 314 g/mol. The van der Waals surface area contributed by atoms with Crippen molar-refractivity contribution in [2.24, 2.45) is 4.99 Å². The number of guanidine groups is 1. The molecule has 1 aromatic carbocycles. The summed E-state index contributed by atoms with van der Waals surface area (Å²) in [7, 11) is 0. The number of nitrogens with one attached hydrogen (secondary N) is 2. The van der Waals surface area contributed by atoms with Gasteiger partial charge in [0.25, 0.3) is 0 Å². The van der Waals surface area contributed by atoms with Gasteiger partial charge in [-0.1, -0.05) is 31.2 Å². The molecule has 0 aliphatic heterocycles. The van der Waals surface area contributed by atoms with Gasteiger partial charge in [-0.2, -0.15) is 0 Å². The highest BCUT2D eigenvalue weighted by atomic mass is 16.4. The topological polar surface area (TPSA) is 69.8 Å². The van der Waals surface area contributed by atoms with Gasteiger partial charge in [0, 0.05) is 13.1 Å². The van der Waals surface area contributed by atoms with Crippen molar-refractivity contribution in [1.29, 1.82) is 0 Å². The summed E-state index contributed by atoms with van der Waals surface area (Å²) in [5, 5.41) is 17.0. The van der Waals surface area contributed by atoms with Gasteiger partial charge in [-0.05, 0) is 49.9 Å². The van der Waals surface area contributed by atoms with Gasteiger partial charge in [0.1, 0.15) is 11.4 Å². The molecule has 2 rings (SSSR count). The maximum absolute atomic E-state index is 10.5. The molecule has 1 atom stereocenters. The van der Waals surface area contributed by atoms with Crippen LogP contribution in [0.5, 0.6) is 0 Å². The van der Waals surface area contributed by atoms with E-state index in [0.717, 1.165) is 25.9 Å². The zero-order chi connectivity index (χ0) is 18.1. The van der Waals surface area contributed by atoms with Gasteiger partial charge in [-0.25, -0.2) is 4.99 Å². The average molecular weight is 343 g/mol. The van der Waals surface area contributed by atoms with Crippen LogP contribution in [0.15, 0.2) is 52.1 Å². The molecule has 2 aromatic rings. The molecule has 1 aromatic heterocycles. The van der Waals surface area contributed by atoms with Crippen LogP contribution in [0.4, 0.5) is 0 Å². The summed E-state index contributed by atoms with van der Waals surface area (Å²) in [6, 6.07) is 12.2. The minimum absolute atomic E-state index is 0.223. The van der Waals surface area contributed by atoms with Crippen molar-refractivity contribution in [3.05, 3.63) is 59.5 Å². The van der Waals surface area contributed by atoms with E-state index < -0.39 is 5.60 Å². The van der Waals surface area contributed by atoms with Crippen molar-refractivity contribution in [3.8, 4) is 0 Å². The fourth-order valence-corrected chi connectivity index (χ4v) is 2.50. The molecule has 0 spiro atoms. The third-order valence-corrected chi connectivity index (χ3v) is 4.08. The average Bonchev–Trinajstić information content (AvgIpc) is 3.16. The van der Waals surface area contributed by atoms with E-state index in [2.05, 4.69) is 46.8 Å². The second kappa shape index (κ2) is 9.28. The summed E-state index contributed by atoms with van der Waals surface area (Å²) >= 11 is 0. The van der Waals surface area contributed by atoms with E-state index in [0.29, 0.717) is 11.7 Å². The quantitative estimate of drug-likeness (QED) is 0.509. The molecule has 0 saturated carbocycles. The van der Waals surface area contributed by atoms with E-state index in [9.17, 15) is 5.11 Å². The first-order valence-electron chi connectivity index (χ1n) is 8.91.